The molecule has 0 atom stereocenters. The minimum atomic E-state index is -1.23. The number of Topliss-reactive ketones (excluding diaryl/α,β-unsaturated/α-hetero) is 2. The van der Waals surface area contributed by atoms with E-state index in [1.165, 1.54) is 63.5 Å². The predicted octanol–water partition coefficient (Wildman–Crippen LogP) is 5.82. The number of carboxylic acid groups (broad SMARTS) is 1. The van der Waals surface area contributed by atoms with Crippen LogP contribution in [0.5, 0.6) is 0 Å². The number of rotatable bonds is 16. The van der Waals surface area contributed by atoms with E-state index in [9.17, 15) is 14.4 Å². The van der Waals surface area contributed by atoms with E-state index in [1.54, 1.807) is 0 Å². The highest BCUT2D eigenvalue weighted by Gasteiger charge is 2.17. The maximum Gasteiger partial charge on any atom is 0.371 e. The van der Waals surface area contributed by atoms with Crippen LogP contribution in [0.25, 0.3) is 0 Å². The summed E-state index contributed by atoms with van der Waals surface area (Å²) in [5.74, 6) is -2.14. The summed E-state index contributed by atoms with van der Waals surface area (Å²) in [6.07, 6.45) is 13.6. The van der Waals surface area contributed by atoms with Gasteiger partial charge in [-0.2, -0.15) is 0 Å². The molecule has 0 saturated carbocycles. The van der Waals surface area contributed by atoms with E-state index in [2.05, 4.69) is 6.92 Å². The summed E-state index contributed by atoms with van der Waals surface area (Å²) in [6.45, 7) is 2.23. The Kier molecular flexibility index (Phi) is 11.3. The normalized spacial score (nSPS) is 10.8. The Morgan fingerprint density at radius 2 is 1.31 bits per heavy atom. The van der Waals surface area contributed by atoms with Crippen molar-refractivity contribution in [3.05, 3.63) is 23.7 Å². The SMILES string of the molecule is CCCCCCCCCCCCCC(=O)CC(=O)c1ccc(C(=O)O)o1. The number of carbonyl (C=O) groups is 3. The number of carbonyl (C=O) groups excluding carboxylic acids is 2. The third kappa shape index (κ3) is 9.54. The molecule has 5 heteroatoms. The molecule has 1 aromatic heterocycles. The number of hydrogen-bond donors (Lipinski definition) is 1. The number of ketones is 2. The van der Waals surface area contributed by atoms with Crippen LogP contribution in [0.2, 0.25) is 0 Å². The predicted molar refractivity (Wildman–Crippen MR) is 101 cm³/mol. The van der Waals surface area contributed by atoms with Crippen LogP contribution in [0, 0.1) is 0 Å². The van der Waals surface area contributed by atoms with Gasteiger partial charge in [-0.3, -0.25) is 9.59 Å². The second kappa shape index (κ2) is 13.3. The molecule has 0 amide bonds. The second-order valence-electron chi connectivity index (χ2n) is 6.89. The van der Waals surface area contributed by atoms with Gasteiger partial charge < -0.3 is 9.52 Å². The van der Waals surface area contributed by atoms with E-state index in [4.69, 9.17) is 9.52 Å². The lowest BCUT2D eigenvalue weighted by atomic mass is 10.0. The fraction of sp³-hybridized carbons (Fsp3) is 0.667. The standard InChI is InChI=1S/C21H32O5/c1-2-3-4-5-6-7-8-9-10-11-12-13-17(22)16-18(23)19-14-15-20(26-19)21(24)25/h14-15H,2-13,16H2,1H3,(H,24,25). The molecule has 0 spiro atoms. The van der Waals surface area contributed by atoms with Crippen LogP contribution in [-0.2, 0) is 4.79 Å². The van der Waals surface area contributed by atoms with Gasteiger partial charge in [0.1, 0.15) is 5.78 Å². The Bertz CT molecular complexity index is 559. The van der Waals surface area contributed by atoms with Gasteiger partial charge in [-0.05, 0) is 18.6 Å². The van der Waals surface area contributed by atoms with E-state index >= 15 is 0 Å². The number of carboxylic acids is 1. The smallest absolute Gasteiger partial charge is 0.371 e. The maximum absolute atomic E-state index is 11.9. The number of unbranched alkanes of at least 4 members (excludes halogenated alkanes) is 10. The van der Waals surface area contributed by atoms with Crippen LogP contribution in [0.3, 0.4) is 0 Å². The van der Waals surface area contributed by atoms with Crippen molar-refractivity contribution in [3.63, 3.8) is 0 Å². The van der Waals surface area contributed by atoms with Gasteiger partial charge in [0.25, 0.3) is 0 Å². The molecule has 1 aromatic rings. The van der Waals surface area contributed by atoms with Crippen LogP contribution >= 0.6 is 0 Å². The molecule has 146 valence electrons. The summed E-state index contributed by atoms with van der Waals surface area (Å²) in [6, 6.07) is 2.53. The molecule has 26 heavy (non-hydrogen) atoms. The molecule has 0 bridgehead atoms. The van der Waals surface area contributed by atoms with Gasteiger partial charge in [0.2, 0.25) is 11.5 Å². The molecular weight excluding hydrogens is 332 g/mol. The fourth-order valence-electron chi connectivity index (χ4n) is 2.94. The quantitative estimate of drug-likeness (QED) is 0.227. The zero-order valence-corrected chi connectivity index (χ0v) is 15.9. The molecule has 0 aliphatic rings. The molecule has 0 aliphatic carbocycles. The van der Waals surface area contributed by atoms with Crippen molar-refractivity contribution in [1.29, 1.82) is 0 Å². The largest absolute Gasteiger partial charge is 0.475 e. The maximum atomic E-state index is 11.9. The van der Waals surface area contributed by atoms with Gasteiger partial charge in [-0.25, -0.2) is 4.79 Å². The Labute approximate surface area is 156 Å². The van der Waals surface area contributed by atoms with E-state index in [-0.39, 0.29) is 23.7 Å². The van der Waals surface area contributed by atoms with Gasteiger partial charge in [0.15, 0.2) is 5.76 Å². The zero-order valence-electron chi connectivity index (χ0n) is 15.9. The minimum Gasteiger partial charge on any atom is -0.475 e. The minimum absolute atomic E-state index is 0.0605. The summed E-state index contributed by atoms with van der Waals surface area (Å²) < 4.78 is 4.92. The molecule has 1 N–H and O–H groups in total. The lowest BCUT2D eigenvalue weighted by Crippen LogP contribution is -2.07. The van der Waals surface area contributed by atoms with E-state index in [0.29, 0.717) is 6.42 Å². The monoisotopic (exact) mass is 364 g/mol. The summed E-state index contributed by atoms with van der Waals surface area (Å²) in [5.41, 5.74) is 0. The highest BCUT2D eigenvalue weighted by Crippen LogP contribution is 2.14. The first-order valence-corrected chi connectivity index (χ1v) is 9.92. The van der Waals surface area contributed by atoms with Crippen LogP contribution in [0.1, 0.15) is 112 Å². The van der Waals surface area contributed by atoms with Crippen molar-refractivity contribution in [1.82, 2.24) is 0 Å². The van der Waals surface area contributed by atoms with Crippen molar-refractivity contribution in [2.24, 2.45) is 0 Å². The topological polar surface area (TPSA) is 84.6 Å². The lowest BCUT2D eigenvalue weighted by molar-refractivity contribution is -0.118. The highest BCUT2D eigenvalue weighted by molar-refractivity contribution is 6.06. The van der Waals surface area contributed by atoms with Gasteiger partial charge in [0.05, 0.1) is 6.42 Å². The number of furan rings is 1. The first kappa shape index (κ1) is 22.1. The summed E-state index contributed by atoms with van der Waals surface area (Å²) >= 11 is 0. The molecule has 0 fully saturated rings. The van der Waals surface area contributed by atoms with E-state index in [1.807, 2.05) is 0 Å². The molecule has 0 radical (unpaired) electrons. The average Bonchev–Trinajstić information content (AvgIpc) is 3.10. The van der Waals surface area contributed by atoms with Gasteiger partial charge in [0, 0.05) is 6.42 Å². The van der Waals surface area contributed by atoms with Gasteiger partial charge in [-0.15, -0.1) is 0 Å². The van der Waals surface area contributed by atoms with Crippen molar-refractivity contribution in [2.45, 2.75) is 90.4 Å². The van der Waals surface area contributed by atoms with Crippen LogP contribution < -0.4 is 0 Å². The molecule has 0 saturated heterocycles. The summed E-state index contributed by atoms with van der Waals surface area (Å²) in [4.78, 5) is 34.4. The Morgan fingerprint density at radius 3 is 1.81 bits per heavy atom. The van der Waals surface area contributed by atoms with Gasteiger partial charge in [-0.1, -0.05) is 71.1 Å². The number of hydrogen-bond acceptors (Lipinski definition) is 4. The van der Waals surface area contributed by atoms with E-state index in [0.717, 1.165) is 19.3 Å². The first-order chi connectivity index (χ1) is 12.5. The Balaban J connectivity index is 2.02. The lowest BCUT2D eigenvalue weighted by Gasteiger charge is -2.02. The molecular formula is C21H32O5. The average molecular weight is 364 g/mol. The zero-order chi connectivity index (χ0) is 19.2. The Hall–Kier alpha value is -1.91. The third-order valence-corrected chi connectivity index (χ3v) is 4.51. The summed E-state index contributed by atoms with van der Waals surface area (Å²) in [5, 5.41) is 8.76. The molecule has 1 rings (SSSR count). The molecule has 0 unspecified atom stereocenters. The van der Waals surface area contributed by atoms with Crippen LogP contribution in [0.15, 0.2) is 16.5 Å². The van der Waals surface area contributed by atoms with Crippen molar-refractivity contribution < 1.29 is 23.9 Å². The molecule has 0 aromatic carbocycles. The first-order valence-electron chi connectivity index (χ1n) is 9.92. The van der Waals surface area contributed by atoms with Gasteiger partial charge >= 0.3 is 5.97 Å². The van der Waals surface area contributed by atoms with Crippen LogP contribution in [-0.4, -0.2) is 22.6 Å². The number of aromatic carboxylic acids is 1. The second-order valence-corrected chi connectivity index (χ2v) is 6.89. The van der Waals surface area contributed by atoms with Crippen LogP contribution in [0.4, 0.5) is 0 Å². The fourth-order valence-corrected chi connectivity index (χ4v) is 2.94. The van der Waals surface area contributed by atoms with Crippen molar-refractivity contribution >= 4 is 17.5 Å². The van der Waals surface area contributed by atoms with Crippen molar-refractivity contribution in [2.75, 3.05) is 0 Å². The molecule has 0 aliphatic heterocycles. The molecule has 5 nitrogen and oxygen atoms in total. The summed E-state index contributed by atoms with van der Waals surface area (Å²) in [7, 11) is 0. The highest BCUT2D eigenvalue weighted by atomic mass is 16.4. The Morgan fingerprint density at radius 1 is 0.808 bits per heavy atom. The van der Waals surface area contributed by atoms with Crippen molar-refractivity contribution in [3.8, 4) is 0 Å². The van der Waals surface area contributed by atoms with E-state index < -0.39 is 11.8 Å². The molecule has 1 heterocycles. The third-order valence-electron chi connectivity index (χ3n) is 4.51.